The predicted octanol–water partition coefficient (Wildman–Crippen LogP) is 3.32. The SMILES string of the molecule is CO[C@H]1C[C@@H](C(=O)NCC2(c3cccc(F)c3)CCCC2)CC[C@@H]1N.Cl. The highest BCUT2D eigenvalue weighted by Gasteiger charge is 2.38. The minimum Gasteiger partial charge on any atom is -0.380 e. The molecule has 0 heterocycles. The molecule has 1 aromatic carbocycles. The van der Waals surface area contributed by atoms with Crippen LogP contribution >= 0.6 is 12.4 Å². The molecule has 2 saturated carbocycles. The van der Waals surface area contributed by atoms with Gasteiger partial charge in [0.15, 0.2) is 0 Å². The highest BCUT2D eigenvalue weighted by Crippen LogP contribution is 2.41. The molecular formula is C20H30ClFN2O2. The molecule has 26 heavy (non-hydrogen) atoms. The zero-order chi connectivity index (χ0) is 17.9. The zero-order valence-corrected chi connectivity index (χ0v) is 16.2. The third-order valence-corrected chi connectivity index (χ3v) is 6.12. The Kier molecular flexibility index (Phi) is 7.44. The number of rotatable bonds is 5. The van der Waals surface area contributed by atoms with E-state index in [9.17, 15) is 9.18 Å². The molecule has 3 N–H and O–H groups in total. The van der Waals surface area contributed by atoms with E-state index in [0.29, 0.717) is 13.0 Å². The first-order valence-electron chi connectivity index (χ1n) is 9.36. The number of halogens is 2. The van der Waals surface area contributed by atoms with Gasteiger partial charge in [0.05, 0.1) is 6.10 Å². The fourth-order valence-corrected chi connectivity index (χ4v) is 4.50. The molecule has 6 heteroatoms. The van der Waals surface area contributed by atoms with Crippen molar-refractivity contribution < 1.29 is 13.9 Å². The van der Waals surface area contributed by atoms with Gasteiger partial charge in [-0.1, -0.05) is 25.0 Å². The van der Waals surface area contributed by atoms with Crippen molar-refractivity contribution in [1.29, 1.82) is 0 Å². The fourth-order valence-electron chi connectivity index (χ4n) is 4.50. The van der Waals surface area contributed by atoms with Gasteiger partial charge in [0.1, 0.15) is 5.82 Å². The van der Waals surface area contributed by atoms with Crippen molar-refractivity contribution in [2.75, 3.05) is 13.7 Å². The van der Waals surface area contributed by atoms with E-state index in [2.05, 4.69) is 5.32 Å². The molecule has 2 aliphatic carbocycles. The Labute approximate surface area is 161 Å². The molecular weight excluding hydrogens is 355 g/mol. The first-order chi connectivity index (χ1) is 12.0. The molecule has 2 fully saturated rings. The van der Waals surface area contributed by atoms with Crippen LogP contribution in [0.5, 0.6) is 0 Å². The van der Waals surface area contributed by atoms with E-state index in [0.717, 1.165) is 44.1 Å². The standard InChI is InChI=1S/C20H29FN2O2.ClH/c1-25-18-11-14(7-8-17(18)22)19(24)23-13-20(9-2-3-10-20)15-5-4-6-16(21)12-15;/h4-6,12,14,17-18H,2-3,7-11,13,22H2,1H3,(H,23,24);1H/t14-,17-,18-;/m0./s1. The summed E-state index contributed by atoms with van der Waals surface area (Å²) in [6.45, 7) is 0.579. The van der Waals surface area contributed by atoms with Crippen LogP contribution in [0.15, 0.2) is 24.3 Å². The van der Waals surface area contributed by atoms with E-state index >= 15 is 0 Å². The maximum absolute atomic E-state index is 13.7. The topological polar surface area (TPSA) is 64.3 Å². The van der Waals surface area contributed by atoms with Crippen LogP contribution in [-0.2, 0) is 14.9 Å². The molecule has 0 unspecified atom stereocenters. The number of amides is 1. The fraction of sp³-hybridized carbons (Fsp3) is 0.650. The molecule has 0 spiro atoms. The number of ether oxygens (including phenoxy) is 1. The Bertz CT molecular complexity index is 607. The summed E-state index contributed by atoms with van der Waals surface area (Å²) in [4.78, 5) is 12.7. The maximum Gasteiger partial charge on any atom is 0.223 e. The van der Waals surface area contributed by atoms with Crippen LogP contribution in [0.1, 0.15) is 50.5 Å². The average molecular weight is 385 g/mol. The first-order valence-corrected chi connectivity index (χ1v) is 9.36. The second kappa shape index (κ2) is 9.16. The minimum absolute atomic E-state index is 0. The quantitative estimate of drug-likeness (QED) is 0.818. The molecule has 2 aliphatic rings. The highest BCUT2D eigenvalue weighted by molar-refractivity contribution is 5.85. The van der Waals surface area contributed by atoms with Crippen molar-refractivity contribution in [2.45, 2.75) is 62.5 Å². The Balaban J connectivity index is 0.00000243. The van der Waals surface area contributed by atoms with Gasteiger partial charge in [-0.2, -0.15) is 0 Å². The Hall–Kier alpha value is -1.17. The van der Waals surface area contributed by atoms with E-state index in [1.807, 2.05) is 6.07 Å². The predicted molar refractivity (Wildman–Crippen MR) is 103 cm³/mol. The summed E-state index contributed by atoms with van der Waals surface area (Å²) in [7, 11) is 1.66. The molecule has 0 saturated heterocycles. The van der Waals surface area contributed by atoms with Crippen molar-refractivity contribution in [3.05, 3.63) is 35.6 Å². The number of nitrogens with one attached hydrogen (secondary N) is 1. The van der Waals surface area contributed by atoms with E-state index in [1.54, 1.807) is 19.2 Å². The maximum atomic E-state index is 13.7. The van der Waals surface area contributed by atoms with Crippen molar-refractivity contribution in [3.8, 4) is 0 Å². The van der Waals surface area contributed by atoms with E-state index in [1.165, 1.54) is 6.07 Å². The molecule has 0 radical (unpaired) electrons. The molecule has 1 aromatic rings. The summed E-state index contributed by atoms with van der Waals surface area (Å²) in [5.74, 6) is -0.174. The lowest BCUT2D eigenvalue weighted by Gasteiger charge is -2.34. The smallest absolute Gasteiger partial charge is 0.223 e. The van der Waals surface area contributed by atoms with Gasteiger partial charge in [-0.25, -0.2) is 4.39 Å². The second-order valence-corrected chi connectivity index (χ2v) is 7.66. The monoisotopic (exact) mass is 384 g/mol. The van der Waals surface area contributed by atoms with Gasteiger partial charge in [-0.05, 0) is 49.8 Å². The summed E-state index contributed by atoms with van der Waals surface area (Å²) >= 11 is 0. The summed E-state index contributed by atoms with van der Waals surface area (Å²) in [5.41, 5.74) is 6.91. The van der Waals surface area contributed by atoms with Crippen molar-refractivity contribution >= 4 is 18.3 Å². The van der Waals surface area contributed by atoms with Crippen LogP contribution in [0.2, 0.25) is 0 Å². The number of hydrogen-bond acceptors (Lipinski definition) is 3. The molecule has 1 amide bonds. The normalized spacial score (nSPS) is 27.6. The summed E-state index contributed by atoms with van der Waals surface area (Å²) in [6.07, 6.45) is 6.47. The lowest BCUT2D eigenvalue weighted by atomic mass is 9.78. The van der Waals surface area contributed by atoms with Crippen molar-refractivity contribution in [1.82, 2.24) is 5.32 Å². The van der Waals surface area contributed by atoms with Crippen LogP contribution < -0.4 is 11.1 Å². The number of methoxy groups -OCH3 is 1. The number of hydrogen-bond donors (Lipinski definition) is 2. The molecule has 3 rings (SSSR count). The van der Waals surface area contributed by atoms with Gasteiger partial charge in [-0.15, -0.1) is 12.4 Å². The largest absolute Gasteiger partial charge is 0.380 e. The zero-order valence-electron chi connectivity index (χ0n) is 15.4. The molecule has 4 nitrogen and oxygen atoms in total. The van der Waals surface area contributed by atoms with Gasteiger partial charge < -0.3 is 15.8 Å². The third kappa shape index (κ3) is 4.56. The van der Waals surface area contributed by atoms with Crippen LogP contribution in [0.3, 0.4) is 0 Å². The molecule has 146 valence electrons. The lowest BCUT2D eigenvalue weighted by molar-refractivity contribution is -0.128. The highest BCUT2D eigenvalue weighted by atomic mass is 35.5. The second-order valence-electron chi connectivity index (χ2n) is 7.66. The van der Waals surface area contributed by atoms with Crippen LogP contribution in [0.25, 0.3) is 0 Å². The van der Waals surface area contributed by atoms with Crippen molar-refractivity contribution in [3.63, 3.8) is 0 Å². The van der Waals surface area contributed by atoms with Crippen LogP contribution in [0, 0.1) is 11.7 Å². The lowest BCUT2D eigenvalue weighted by Crippen LogP contribution is -2.47. The van der Waals surface area contributed by atoms with Crippen LogP contribution in [0.4, 0.5) is 4.39 Å². The Morgan fingerprint density at radius 2 is 2.08 bits per heavy atom. The number of benzene rings is 1. The van der Waals surface area contributed by atoms with Crippen molar-refractivity contribution in [2.24, 2.45) is 11.7 Å². The van der Waals surface area contributed by atoms with Gasteiger partial charge in [0.2, 0.25) is 5.91 Å². The molecule has 0 aromatic heterocycles. The summed E-state index contributed by atoms with van der Waals surface area (Å²) in [5, 5.41) is 3.15. The van der Waals surface area contributed by atoms with Gasteiger partial charge in [0, 0.05) is 31.0 Å². The molecule has 0 aliphatic heterocycles. The van der Waals surface area contributed by atoms with E-state index < -0.39 is 0 Å². The molecule has 0 bridgehead atoms. The van der Waals surface area contributed by atoms with E-state index in [4.69, 9.17) is 10.5 Å². The summed E-state index contributed by atoms with van der Waals surface area (Å²) in [6, 6.07) is 6.86. The Morgan fingerprint density at radius 3 is 2.73 bits per heavy atom. The molecule has 3 atom stereocenters. The van der Waals surface area contributed by atoms with E-state index in [-0.39, 0.29) is 47.6 Å². The number of carbonyl (C=O) groups excluding carboxylic acids is 1. The van der Waals surface area contributed by atoms with Gasteiger partial charge in [0.25, 0.3) is 0 Å². The summed E-state index contributed by atoms with van der Waals surface area (Å²) < 4.78 is 19.1. The average Bonchev–Trinajstić information content (AvgIpc) is 3.10. The first kappa shape index (κ1) is 21.1. The third-order valence-electron chi connectivity index (χ3n) is 6.12. The Morgan fingerprint density at radius 1 is 1.35 bits per heavy atom. The number of carbonyl (C=O) groups is 1. The number of nitrogens with two attached hydrogens (primary N) is 1. The van der Waals surface area contributed by atoms with Gasteiger partial charge >= 0.3 is 0 Å². The van der Waals surface area contributed by atoms with Crippen LogP contribution in [-0.4, -0.2) is 31.7 Å². The minimum atomic E-state index is -0.209. The van der Waals surface area contributed by atoms with Gasteiger partial charge in [-0.3, -0.25) is 4.79 Å².